The summed E-state index contributed by atoms with van der Waals surface area (Å²) >= 11 is 0. The lowest BCUT2D eigenvalue weighted by atomic mass is 9.78. The van der Waals surface area contributed by atoms with Gasteiger partial charge >= 0.3 is 6.09 Å². The quantitative estimate of drug-likeness (QED) is 0.629. The second-order valence-electron chi connectivity index (χ2n) is 8.55. The number of carbonyl (C=O) groups excluding carboxylic acids is 1. The van der Waals surface area contributed by atoms with Gasteiger partial charge in [-0.1, -0.05) is 18.2 Å². The van der Waals surface area contributed by atoms with Gasteiger partial charge in [0.05, 0.1) is 12.7 Å². The van der Waals surface area contributed by atoms with Gasteiger partial charge < -0.3 is 10.1 Å². The van der Waals surface area contributed by atoms with Crippen LogP contribution in [-0.4, -0.2) is 39.5 Å². The lowest BCUT2D eigenvalue weighted by Gasteiger charge is -2.35. The average Bonchev–Trinajstić information content (AvgIpc) is 3.40. The molecule has 1 saturated carbocycles. The molecule has 1 N–H and O–H groups in total. The van der Waals surface area contributed by atoms with Gasteiger partial charge in [-0.2, -0.15) is 5.26 Å². The summed E-state index contributed by atoms with van der Waals surface area (Å²) in [6.45, 7) is 1.14. The van der Waals surface area contributed by atoms with Crippen molar-refractivity contribution in [2.24, 2.45) is 5.92 Å². The third-order valence-corrected chi connectivity index (χ3v) is 6.40. The van der Waals surface area contributed by atoms with Crippen molar-refractivity contribution in [2.75, 3.05) is 23.3 Å². The average molecular weight is 446 g/mol. The van der Waals surface area contributed by atoms with Crippen LogP contribution in [0.3, 0.4) is 0 Å². The number of pyridine rings is 1. The van der Waals surface area contributed by atoms with Crippen LogP contribution in [0.2, 0.25) is 0 Å². The van der Waals surface area contributed by atoms with Crippen molar-refractivity contribution in [1.82, 2.24) is 14.8 Å². The van der Waals surface area contributed by atoms with E-state index in [0.717, 1.165) is 25.7 Å². The molecule has 0 radical (unpaired) electrons. The first-order chi connectivity index (χ1) is 16.1. The Bertz CT molecular complexity index is 1200. The van der Waals surface area contributed by atoms with Crippen LogP contribution in [0.25, 0.3) is 5.69 Å². The normalized spacial score (nSPS) is 22.2. The Balaban J connectivity index is 1.20. The number of amides is 1. The topological polar surface area (TPSA) is 96.1 Å². The van der Waals surface area contributed by atoms with E-state index >= 15 is 0 Å². The minimum atomic E-state index is -0.477. The zero-order chi connectivity index (χ0) is 22.8. The minimum Gasteiger partial charge on any atom is -0.441 e. The van der Waals surface area contributed by atoms with Gasteiger partial charge in [0.15, 0.2) is 5.82 Å². The van der Waals surface area contributed by atoms with Gasteiger partial charge in [-0.25, -0.2) is 18.9 Å². The van der Waals surface area contributed by atoms with E-state index in [9.17, 15) is 14.4 Å². The highest BCUT2D eigenvalue weighted by Gasteiger charge is 2.48. The van der Waals surface area contributed by atoms with Crippen LogP contribution in [0.5, 0.6) is 0 Å². The summed E-state index contributed by atoms with van der Waals surface area (Å²) in [6.07, 6.45) is 6.15. The number of carbonyl (C=O) groups is 1. The molecular weight excluding hydrogens is 423 g/mol. The van der Waals surface area contributed by atoms with Crippen LogP contribution in [0.4, 0.5) is 20.8 Å². The number of aromatic nitrogens is 3. The Morgan fingerprint density at radius 1 is 1.21 bits per heavy atom. The van der Waals surface area contributed by atoms with Gasteiger partial charge in [0, 0.05) is 12.7 Å². The zero-order valence-electron chi connectivity index (χ0n) is 17.9. The highest BCUT2D eigenvalue weighted by atomic mass is 19.1. The third-order valence-electron chi connectivity index (χ3n) is 6.40. The van der Waals surface area contributed by atoms with Crippen molar-refractivity contribution in [3.05, 3.63) is 66.2 Å². The Morgan fingerprint density at radius 2 is 2.00 bits per heavy atom. The number of hydrogen-bond donors (Lipinski definition) is 1. The molecule has 0 atom stereocenters. The molecule has 1 aliphatic carbocycles. The fraction of sp³-hybridized carbons (Fsp3) is 0.333. The molecule has 1 aromatic carbocycles. The van der Waals surface area contributed by atoms with Gasteiger partial charge in [0.2, 0.25) is 0 Å². The number of ether oxygens (including phenoxy) is 1. The monoisotopic (exact) mass is 446 g/mol. The van der Waals surface area contributed by atoms with Crippen molar-refractivity contribution in [3.8, 4) is 11.8 Å². The van der Waals surface area contributed by atoms with Crippen LogP contribution in [0.1, 0.15) is 31.2 Å². The van der Waals surface area contributed by atoms with E-state index < -0.39 is 11.4 Å². The second kappa shape index (κ2) is 8.54. The summed E-state index contributed by atoms with van der Waals surface area (Å²) in [5.41, 5.74) is 0.179. The fourth-order valence-corrected chi connectivity index (χ4v) is 4.57. The van der Waals surface area contributed by atoms with E-state index in [0.29, 0.717) is 41.9 Å². The number of nitriles is 1. The summed E-state index contributed by atoms with van der Waals surface area (Å²) in [5, 5.41) is 17.1. The Morgan fingerprint density at radius 3 is 2.73 bits per heavy atom. The van der Waals surface area contributed by atoms with Crippen molar-refractivity contribution in [1.29, 1.82) is 5.26 Å². The van der Waals surface area contributed by atoms with E-state index in [2.05, 4.69) is 21.5 Å². The predicted molar refractivity (Wildman–Crippen MR) is 119 cm³/mol. The highest BCUT2D eigenvalue weighted by molar-refractivity contribution is 5.89. The highest BCUT2D eigenvalue weighted by Crippen LogP contribution is 2.40. The largest absolute Gasteiger partial charge is 0.441 e. The predicted octanol–water partition coefficient (Wildman–Crippen LogP) is 4.28. The number of benzene rings is 1. The molecule has 8 nitrogen and oxygen atoms in total. The molecule has 33 heavy (non-hydrogen) atoms. The van der Waals surface area contributed by atoms with Crippen LogP contribution < -0.4 is 10.2 Å². The summed E-state index contributed by atoms with van der Waals surface area (Å²) in [7, 11) is 0. The lowest BCUT2D eigenvalue weighted by molar-refractivity contribution is 0.0148. The molecule has 2 aliphatic rings. The molecule has 3 heterocycles. The first-order valence-corrected chi connectivity index (χ1v) is 11.0. The van der Waals surface area contributed by atoms with Gasteiger partial charge in [0.25, 0.3) is 0 Å². The number of nitrogens with zero attached hydrogens (tertiary/aromatic N) is 5. The molecule has 5 rings (SSSR count). The minimum absolute atomic E-state index is 0.294. The molecule has 9 heteroatoms. The molecule has 0 bridgehead atoms. The van der Waals surface area contributed by atoms with Crippen LogP contribution >= 0.6 is 0 Å². The van der Waals surface area contributed by atoms with Crippen molar-refractivity contribution >= 4 is 17.7 Å². The first-order valence-electron chi connectivity index (χ1n) is 11.0. The molecule has 2 fully saturated rings. The maximum Gasteiger partial charge on any atom is 0.416 e. The molecule has 0 unspecified atom stereocenters. The first kappa shape index (κ1) is 20.9. The molecule has 2 aromatic heterocycles. The second-order valence-corrected chi connectivity index (χ2v) is 8.55. The molecule has 168 valence electrons. The number of para-hydroxylation sites is 1. The molecule has 1 spiro atoms. The van der Waals surface area contributed by atoms with Crippen LogP contribution in [-0.2, 0) is 4.74 Å². The number of rotatable bonds is 5. The SMILES string of the molecule is N#Cc1cn(-c2ccccc2F)nc1NC[C@H]1CC[C@]2(CC1)CN(c1ccccn1)C(=O)O2. The smallest absolute Gasteiger partial charge is 0.416 e. The fourth-order valence-electron chi connectivity index (χ4n) is 4.57. The van der Waals surface area contributed by atoms with E-state index in [4.69, 9.17) is 4.74 Å². The summed E-state index contributed by atoms with van der Waals surface area (Å²) in [4.78, 5) is 18.3. The molecule has 1 amide bonds. The maximum absolute atomic E-state index is 14.1. The summed E-state index contributed by atoms with van der Waals surface area (Å²) in [5.74, 6) is 0.996. The van der Waals surface area contributed by atoms with Crippen molar-refractivity contribution in [2.45, 2.75) is 31.3 Å². The van der Waals surface area contributed by atoms with Gasteiger partial charge in [-0.3, -0.25) is 4.90 Å². The molecule has 1 saturated heterocycles. The van der Waals surface area contributed by atoms with E-state index in [-0.39, 0.29) is 6.09 Å². The Kier molecular flexibility index (Phi) is 5.42. The van der Waals surface area contributed by atoms with Gasteiger partial charge in [-0.15, -0.1) is 5.10 Å². The van der Waals surface area contributed by atoms with E-state index in [1.807, 2.05) is 18.2 Å². The number of halogens is 1. The molecule has 3 aromatic rings. The number of hydrogen-bond acceptors (Lipinski definition) is 6. The van der Waals surface area contributed by atoms with Gasteiger partial charge in [-0.05, 0) is 55.9 Å². The van der Waals surface area contributed by atoms with Crippen LogP contribution in [0, 0.1) is 23.1 Å². The standard InChI is InChI=1S/C24H23FN6O2/c25-19-5-1-2-6-20(19)31-15-18(13-26)22(29-31)28-14-17-8-10-24(11-9-17)16-30(23(32)33-24)21-7-3-4-12-27-21/h1-7,12,15,17H,8-11,14,16H2,(H,28,29)/t17-,24-. The zero-order valence-corrected chi connectivity index (χ0v) is 17.9. The Hall–Kier alpha value is -3.93. The number of anilines is 2. The van der Waals surface area contributed by atoms with Crippen molar-refractivity contribution < 1.29 is 13.9 Å². The van der Waals surface area contributed by atoms with Crippen LogP contribution in [0.15, 0.2) is 54.9 Å². The number of nitrogens with one attached hydrogen (secondary N) is 1. The Labute approximate surface area is 190 Å². The summed E-state index contributed by atoms with van der Waals surface area (Å²) < 4.78 is 21.3. The van der Waals surface area contributed by atoms with Crippen molar-refractivity contribution in [3.63, 3.8) is 0 Å². The van der Waals surface area contributed by atoms with E-state index in [1.165, 1.54) is 16.9 Å². The molecule has 1 aliphatic heterocycles. The third kappa shape index (κ3) is 4.12. The molecular formula is C24H23FN6O2. The summed E-state index contributed by atoms with van der Waals surface area (Å²) in [6, 6.07) is 13.9. The van der Waals surface area contributed by atoms with E-state index in [1.54, 1.807) is 29.3 Å². The maximum atomic E-state index is 14.1. The lowest BCUT2D eigenvalue weighted by Crippen LogP contribution is -2.39. The van der Waals surface area contributed by atoms with Gasteiger partial charge in [0.1, 0.15) is 34.6 Å².